The summed E-state index contributed by atoms with van der Waals surface area (Å²) in [4.78, 5) is 10.2. The molecule has 0 aliphatic heterocycles. The van der Waals surface area contributed by atoms with Crippen LogP contribution in [-0.4, -0.2) is 19.7 Å². The highest BCUT2D eigenvalue weighted by atomic mass is 32.2. The minimum atomic E-state index is -0.402. The first-order valence-electron chi connectivity index (χ1n) is 5.98. The summed E-state index contributed by atoms with van der Waals surface area (Å²) in [5, 5.41) is 19.6. The molecule has 7 heteroatoms. The van der Waals surface area contributed by atoms with Crippen LogP contribution in [0.2, 0.25) is 0 Å². The molecule has 0 aliphatic rings. The monoisotopic (exact) mass is 290 g/mol. The van der Waals surface area contributed by atoms with Crippen LogP contribution in [0, 0.1) is 17.0 Å². The van der Waals surface area contributed by atoms with Crippen LogP contribution in [-0.2, 0) is 12.3 Å². The highest BCUT2D eigenvalue weighted by Gasteiger charge is 2.09. The smallest absolute Gasteiger partial charge is 0.269 e. The lowest BCUT2D eigenvalue weighted by molar-refractivity contribution is -0.384. The maximum absolute atomic E-state index is 10.6. The SMILES string of the molecule is C=CCn1c(C)nnc1SCc1ccc([N+](=O)[O-])cc1. The molecule has 0 spiro atoms. The maximum atomic E-state index is 10.6. The number of non-ortho nitro benzene ring substituents is 1. The molecule has 0 saturated carbocycles. The Morgan fingerprint density at radius 3 is 2.70 bits per heavy atom. The van der Waals surface area contributed by atoms with Gasteiger partial charge in [0.05, 0.1) is 4.92 Å². The number of nitro groups is 1. The average molecular weight is 290 g/mol. The lowest BCUT2D eigenvalue weighted by Gasteiger charge is -2.05. The number of thioether (sulfide) groups is 1. The van der Waals surface area contributed by atoms with E-state index in [0.717, 1.165) is 16.5 Å². The Balaban J connectivity index is 2.05. The van der Waals surface area contributed by atoms with Crippen molar-refractivity contribution >= 4 is 17.4 Å². The van der Waals surface area contributed by atoms with Gasteiger partial charge in [-0.3, -0.25) is 10.1 Å². The molecule has 0 amide bonds. The van der Waals surface area contributed by atoms with Crippen LogP contribution in [0.15, 0.2) is 42.1 Å². The fourth-order valence-electron chi connectivity index (χ4n) is 1.67. The Hall–Kier alpha value is -2.15. The standard InChI is InChI=1S/C13H14N4O2S/c1-3-8-16-10(2)14-15-13(16)20-9-11-4-6-12(7-5-11)17(18)19/h3-7H,1,8-9H2,2H3. The van der Waals surface area contributed by atoms with Crippen molar-refractivity contribution in [3.05, 3.63) is 58.4 Å². The van der Waals surface area contributed by atoms with Crippen molar-refractivity contribution in [3.63, 3.8) is 0 Å². The van der Waals surface area contributed by atoms with Crippen LogP contribution in [0.3, 0.4) is 0 Å². The molecule has 1 aromatic carbocycles. The molecule has 0 unspecified atom stereocenters. The van der Waals surface area contributed by atoms with Gasteiger partial charge in [0, 0.05) is 24.4 Å². The second-order valence-electron chi connectivity index (χ2n) is 4.14. The molecular weight excluding hydrogens is 276 g/mol. The number of nitrogens with zero attached hydrogens (tertiary/aromatic N) is 4. The molecule has 1 heterocycles. The third-order valence-corrected chi connectivity index (χ3v) is 3.77. The molecule has 2 rings (SSSR count). The predicted molar refractivity (Wildman–Crippen MR) is 77.6 cm³/mol. The minimum Gasteiger partial charge on any atom is -0.302 e. The van der Waals surface area contributed by atoms with Crippen molar-refractivity contribution in [2.24, 2.45) is 0 Å². The Labute approximate surface area is 120 Å². The Morgan fingerprint density at radius 1 is 1.40 bits per heavy atom. The van der Waals surface area contributed by atoms with Crippen molar-refractivity contribution in [1.82, 2.24) is 14.8 Å². The summed E-state index contributed by atoms with van der Waals surface area (Å²) >= 11 is 1.55. The molecule has 0 saturated heterocycles. The summed E-state index contributed by atoms with van der Waals surface area (Å²) in [6.07, 6.45) is 1.80. The first-order valence-corrected chi connectivity index (χ1v) is 6.97. The summed E-state index contributed by atoms with van der Waals surface area (Å²) in [5.41, 5.74) is 1.11. The summed E-state index contributed by atoms with van der Waals surface area (Å²) in [6.45, 7) is 6.28. The van der Waals surface area contributed by atoms with Gasteiger partial charge in [0.25, 0.3) is 5.69 Å². The molecule has 0 radical (unpaired) electrons. The van der Waals surface area contributed by atoms with Crippen LogP contribution in [0.5, 0.6) is 0 Å². The number of aryl methyl sites for hydroxylation is 1. The van der Waals surface area contributed by atoms with E-state index in [1.54, 1.807) is 30.0 Å². The molecule has 0 N–H and O–H groups in total. The van der Waals surface area contributed by atoms with Crippen LogP contribution in [0.25, 0.3) is 0 Å². The molecular formula is C13H14N4O2S. The zero-order chi connectivity index (χ0) is 14.5. The van der Waals surface area contributed by atoms with E-state index in [4.69, 9.17) is 0 Å². The summed E-state index contributed by atoms with van der Waals surface area (Å²) < 4.78 is 1.98. The van der Waals surface area contributed by atoms with Gasteiger partial charge in [0.2, 0.25) is 0 Å². The Bertz CT molecular complexity index is 622. The van der Waals surface area contributed by atoms with E-state index in [2.05, 4.69) is 16.8 Å². The summed E-state index contributed by atoms with van der Waals surface area (Å²) in [7, 11) is 0. The molecule has 104 valence electrons. The molecule has 0 aliphatic carbocycles. The Morgan fingerprint density at radius 2 is 2.10 bits per heavy atom. The van der Waals surface area contributed by atoms with Crippen LogP contribution < -0.4 is 0 Å². The van der Waals surface area contributed by atoms with Gasteiger partial charge in [0.15, 0.2) is 5.16 Å². The van der Waals surface area contributed by atoms with Gasteiger partial charge >= 0.3 is 0 Å². The second kappa shape index (κ2) is 6.33. The highest BCUT2D eigenvalue weighted by Crippen LogP contribution is 2.23. The van der Waals surface area contributed by atoms with E-state index in [-0.39, 0.29) is 5.69 Å². The maximum Gasteiger partial charge on any atom is 0.269 e. The second-order valence-corrected chi connectivity index (χ2v) is 5.08. The number of hydrogen-bond donors (Lipinski definition) is 0. The topological polar surface area (TPSA) is 73.8 Å². The largest absolute Gasteiger partial charge is 0.302 e. The zero-order valence-corrected chi connectivity index (χ0v) is 11.8. The average Bonchev–Trinajstić information content (AvgIpc) is 2.79. The third-order valence-electron chi connectivity index (χ3n) is 2.73. The van der Waals surface area contributed by atoms with Gasteiger partial charge in [-0.2, -0.15) is 0 Å². The summed E-state index contributed by atoms with van der Waals surface area (Å²) in [5.74, 6) is 1.53. The van der Waals surface area contributed by atoms with Gasteiger partial charge in [-0.05, 0) is 12.5 Å². The van der Waals surface area contributed by atoms with Crippen molar-refractivity contribution < 1.29 is 4.92 Å². The van der Waals surface area contributed by atoms with E-state index in [0.29, 0.717) is 12.3 Å². The first-order chi connectivity index (χ1) is 9.61. The number of nitro benzene ring substituents is 1. The quantitative estimate of drug-likeness (QED) is 0.354. The number of aromatic nitrogens is 3. The molecule has 0 fully saturated rings. The van der Waals surface area contributed by atoms with Gasteiger partial charge < -0.3 is 4.57 Å². The third kappa shape index (κ3) is 3.24. The van der Waals surface area contributed by atoms with Crippen molar-refractivity contribution in [3.8, 4) is 0 Å². The summed E-state index contributed by atoms with van der Waals surface area (Å²) in [6, 6.07) is 6.53. The Kier molecular flexibility index (Phi) is 4.52. The molecule has 2 aromatic rings. The fourth-order valence-corrected chi connectivity index (χ4v) is 2.62. The van der Waals surface area contributed by atoms with Gasteiger partial charge in [-0.1, -0.05) is 30.0 Å². The fraction of sp³-hybridized carbons (Fsp3) is 0.231. The molecule has 1 aromatic heterocycles. The van der Waals surface area contributed by atoms with Crippen LogP contribution >= 0.6 is 11.8 Å². The normalized spacial score (nSPS) is 10.4. The van der Waals surface area contributed by atoms with Crippen molar-refractivity contribution in [1.29, 1.82) is 0 Å². The van der Waals surface area contributed by atoms with Crippen LogP contribution in [0.1, 0.15) is 11.4 Å². The van der Waals surface area contributed by atoms with Crippen molar-refractivity contribution in [2.75, 3.05) is 0 Å². The van der Waals surface area contributed by atoms with E-state index in [9.17, 15) is 10.1 Å². The molecule has 0 bridgehead atoms. The minimum absolute atomic E-state index is 0.101. The lowest BCUT2D eigenvalue weighted by Crippen LogP contribution is -2.00. The highest BCUT2D eigenvalue weighted by molar-refractivity contribution is 7.98. The molecule has 6 nitrogen and oxygen atoms in total. The predicted octanol–water partition coefficient (Wildman–Crippen LogP) is 2.97. The van der Waals surface area contributed by atoms with E-state index in [1.165, 1.54) is 12.1 Å². The van der Waals surface area contributed by atoms with E-state index in [1.807, 2.05) is 11.5 Å². The number of rotatable bonds is 6. The zero-order valence-electron chi connectivity index (χ0n) is 11.0. The van der Waals surface area contributed by atoms with Gasteiger partial charge in [-0.15, -0.1) is 16.8 Å². The van der Waals surface area contributed by atoms with Gasteiger partial charge in [-0.25, -0.2) is 0 Å². The number of benzene rings is 1. The number of allylic oxidation sites excluding steroid dienone is 1. The van der Waals surface area contributed by atoms with E-state index >= 15 is 0 Å². The molecule has 0 atom stereocenters. The molecule has 20 heavy (non-hydrogen) atoms. The van der Waals surface area contributed by atoms with Gasteiger partial charge in [0.1, 0.15) is 5.82 Å². The van der Waals surface area contributed by atoms with Crippen LogP contribution in [0.4, 0.5) is 5.69 Å². The van der Waals surface area contributed by atoms with E-state index < -0.39 is 4.92 Å². The number of hydrogen-bond acceptors (Lipinski definition) is 5. The lowest BCUT2D eigenvalue weighted by atomic mass is 10.2. The first kappa shape index (κ1) is 14.3. The van der Waals surface area contributed by atoms with Crippen molar-refractivity contribution in [2.45, 2.75) is 24.4 Å².